The SMILES string of the molecule is O=C1NC(=O)C(n2c(O)ccc2O)=C1CC1CCC(C(=O)O)CC1. The highest BCUT2D eigenvalue weighted by Crippen LogP contribution is 2.37. The Morgan fingerprint density at radius 1 is 1.08 bits per heavy atom. The van der Waals surface area contributed by atoms with Crippen LogP contribution in [0.4, 0.5) is 0 Å². The molecule has 128 valence electrons. The zero-order valence-electron chi connectivity index (χ0n) is 12.9. The van der Waals surface area contributed by atoms with Gasteiger partial charge in [-0.05, 0) is 38.0 Å². The van der Waals surface area contributed by atoms with E-state index in [0.29, 0.717) is 32.1 Å². The molecule has 0 spiro atoms. The quantitative estimate of drug-likeness (QED) is 0.609. The number of imide groups is 1. The van der Waals surface area contributed by atoms with Crippen molar-refractivity contribution in [1.29, 1.82) is 0 Å². The van der Waals surface area contributed by atoms with Crippen LogP contribution in [-0.2, 0) is 14.4 Å². The first-order chi connectivity index (χ1) is 11.4. The van der Waals surface area contributed by atoms with Crippen molar-refractivity contribution in [2.24, 2.45) is 11.8 Å². The van der Waals surface area contributed by atoms with E-state index < -0.39 is 17.8 Å². The lowest BCUT2D eigenvalue weighted by atomic mass is 9.79. The fourth-order valence-corrected chi connectivity index (χ4v) is 3.46. The topological polar surface area (TPSA) is 129 Å². The van der Waals surface area contributed by atoms with Crippen molar-refractivity contribution < 1.29 is 29.7 Å². The van der Waals surface area contributed by atoms with Gasteiger partial charge in [-0.1, -0.05) is 0 Å². The first kappa shape index (κ1) is 16.1. The molecule has 1 aliphatic carbocycles. The van der Waals surface area contributed by atoms with E-state index >= 15 is 0 Å². The zero-order chi connectivity index (χ0) is 17.4. The molecule has 24 heavy (non-hydrogen) atoms. The number of aliphatic carboxylic acids is 1. The fraction of sp³-hybridized carbons (Fsp3) is 0.438. The lowest BCUT2D eigenvalue weighted by molar-refractivity contribution is -0.143. The summed E-state index contributed by atoms with van der Waals surface area (Å²) in [5, 5.41) is 30.9. The molecular weight excluding hydrogens is 316 g/mol. The molecule has 8 nitrogen and oxygen atoms in total. The highest BCUT2D eigenvalue weighted by atomic mass is 16.4. The molecule has 4 N–H and O–H groups in total. The second-order valence-corrected chi connectivity index (χ2v) is 6.26. The minimum absolute atomic E-state index is 0.0691. The average Bonchev–Trinajstić information content (AvgIpc) is 2.99. The molecule has 0 radical (unpaired) electrons. The van der Waals surface area contributed by atoms with Crippen LogP contribution in [0.2, 0.25) is 0 Å². The Kier molecular flexibility index (Phi) is 4.04. The van der Waals surface area contributed by atoms with Crippen molar-refractivity contribution in [1.82, 2.24) is 9.88 Å². The zero-order valence-corrected chi connectivity index (χ0v) is 12.9. The van der Waals surface area contributed by atoms with Crippen molar-refractivity contribution in [3.05, 3.63) is 17.7 Å². The van der Waals surface area contributed by atoms with Crippen LogP contribution in [0.5, 0.6) is 11.8 Å². The van der Waals surface area contributed by atoms with E-state index in [1.54, 1.807) is 0 Å². The molecule has 1 aromatic rings. The van der Waals surface area contributed by atoms with Crippen molar-refractivity contribution >= 4 is 23.5 Å². The fourth-order valence-electron chi connectivity index (χ4n) is 3.46. The van der Waals surface area contributed by atoms with Gasteiger partial charge in [-0.25, -0.2) is 4.57 Å². The molecule has 0 aromatic carbocycles. The molecule has 0 bridgehead atoms. The largest absolute Gasteiger partial charge is 0.494 e. The Balaban J connectivity index is 1.85. The molecule has 2 amide bonds. The van der Waals surface area contributed by atoms with E-state index in [2.05, 4.69) is 5.32 Å². The lowest BCUT2D eigenvalue weighted by Gasteiger charge is -2.26. The van der Waals surface area contributed by atoms with Gasteiger partial charge in [-0.2, -0.15) is 0 Å². The standard InChI is InChI=1S/C16H18N2O6/c19-11-5-6-12(20)18(11)13-10(14(21)17-15(13)22)7-8-1-3-9(4-2-8)16(23)24/h5-6,8-9,19-20H,1-4,7H2,(H,23,24)(H,17,21,22). The first-order valence-electron chi connectivity index (χ1n) is 7.80. The number of aromatic hydroxyl groups is 2. The lowest BCUT2D eigenvalue weighted by Crippen LogP contribution is -2.25. The molecule has 1 fully saturated rings. The van der Waals surface area contributed by atoms with Gasteiger partial charge in [-0.3, -0.25) is 19.7 Å². The third kappa shape index (κ3) is 2.75. The molecule has 2 aliphatic rings. The smallest absolute Gasteiger partial charge is 0.306 e. The molecule has 0 unspecified atom stereocenters. The highest BCUT2D eigenvalue weighted by Gasteiger charge is 2.36. The van der Waals surface area contributed by atoms with Crippen LogP contribution < -0.4 is 5.32 Å². The summed E-state index contributed by atoms with van der Waals surface area (Å²) in [5.74, 6) is -2.95. The maximum atomic E-state index is 12.1. The van der Waals surface area contributed by atoms with Gasteiger partial charge in [0.25, 0.3) is 11.8 Å². The van der Waals surface area contributed by atoms with E-state index in [4.69, 9.17) is 5.11 Å². The minimum atomic E-state index is -0.802. The summed E-state index contributed by atoms with van der Waals surface area (Å²) < 4.78 is 0.943. The number of carbonyl (C=O) groups is 3. The van der Waals surface area contributed by atoms with Gasteiger partial charge in [-0.15, -0.1) is 0 Å². The van der Waals surface area contributed by atoms with E-state index in [9.17, 15) is 24.6 Å². The maximum absolute atomic E-state index is 12.1. The number of rotatable bonds is 4. The Labute approximate surface area is 137 Å². The van der Waals surface area contributed by atoms with Gasteiger partial charge in [0.15, 0.2) is 11.8 Å². The summed E-state index contributed by atoms with van der Waals surface area (Å²) >= 11 is 0. The predicted octanol–water partition coefficient (Wildman–Crippen LogP) is 1.05. The number of carbonyl (C=O) groups excluding carboxylic acids is 2. The molecule has 0 saturated heterocycles. The average molecular weight is 334 g/mol. The van der Waals surface area contributed by atoms with Gasteiger partial charge in [0.1, 0.15) is 5.70 Å². The summed E-state index contributed by atoms with van der Waals surface area (Å²) in [4.78, 5) is 35.2. The van der Waals surface area contributed by atoms with Crippen molar-refractivity contribution in [3.63, 3.8) is 0 Å². The number of carboxylic acids is 1. The van der Waals surface area contributed by atoms with Crippen LogP contribution >= 0.6 is 0 Å². The van der Waals surface area contributed by atoms with Crippen LogP contribution in [0.3, 0.4) is 0 Å². The van der Waals surface area contributed by atoms with Gasteiger partial charge >= 0.3 is 5.97 Å². The molecule has 3 rings (SSSR count). The number of nitrogens with zero attached hydrogens (tertiary/aromatic N) is 1. The second-order valence-electron chi connectivity index (χ2n) is 6.26. The van der Waals surface area contributed by atoms with Crippen LogP contribution in [0.15, 0.2) is 17.7 Å². The minimum Gasteiger partial charge on any atom is -0.494 e. The molecule has 8 heteroatoms. The third-order valence-electron chi connectivity index (χ3n) is 4.75. The summed E-state index contributed by atoms with van der Waals surface area (Å²) in [6, 6.07) is 2.46. The Hall–Kier alpha value is -2.77. The molecule has 1 saturated carbocycles. The summed E-state index contributed by atoms with van der Waals surface area (Å²) in [6.45, 7) is 0. The van der Waals surface area contributed by atoms with Crippen LogP contribution in [-0.4, -0.2) is 37.7 Å². The van der Waals surface area contributed by atoms with Gasteiger partial charge in [0, 0.05) is 17.7 Å². The molecule has 1 aliphatic heterocycles. The van der Waals surface area contributed by atoms with Crippen molar-refractivity contribution in [2.75, 3.05) is 0 Å². The van der Waals surface area contributed by atoms with E-state index in [0.717, 1.165) is 4.57 Å². The molecule has 0 atom stereocenters. The van der Waals surface area contributed by atoms with Crippen LogP contribution in [0.25, 0.3) is 5.70 Å². The number of carboxylic acid groups (broad SMARTS) is 1. The number of nitrogens with one attached hydrogen (secondary N) is 1. The van der Waals surface area contributed by atoms with Crippen molar-refractivity contribution in [2.45, 2.75) is 32.1 Å². The number of amides is 2. The summed E-state index contributed by atoms with van der Waals surface area (Å²) in [5.41, 5.74) is 0.140. The highest BCUT2D eigenvalue weighted by molar-refractivity contribution is 6.32. The van der Waals surface area contributed by atoms with Crippen LogP contribution in [0, 0.1) is 11.8 Å². The van der Waals surface area contributed by atoms with Crippen LogP contribution in [0.1, 0.15) is 32.1 Å². The Bertz CT molecular complexity index is 720. The van der Waals surface area contributed by atoms with Crippen molar-refractivity contribution in [3.8, 4) is 11.8 Å². The Morgan fingerprint density at radius 2 is 1.67 bits per heavy atom. The number of hydrogen-bond donors (Lipinski definition) is 4. The van der Waals surface area contributed by atoms with E-state index in [1.165, 1.54) is 12.1 Å². The summed E-state index contributed by atoms with van der Waals surface area (Å²) in [6.07, 6.45) is 2.68. The maximum Gasteiger partial charge on any atom is 0.306 e. The van der Waals surface area contributed by atoms with Gasteiger partial charge < -0.3 is 15.3 Å². The monoisotopic (exact) mass is 334 g/mol. The number of hydrogen-bond acceptors (Lipinski definition) is 5. The normalized spacial score (nSPS) is 24.3. The summed E-state index contributed by atoms with van der Waals surface area (Å²) in [7, 11) is 0. The third-order valence-corrected chi connectivity index (χ3v) is 4.75. The predicted molar refractivity (Wildman–Crippen MR) is 81.8 cm³/mol. The molecule has 1 aromatic heterocycles. The molecule has 2 heterocycles. The van der Waals surface area contributed by atoms with E-state index in [1.807, 2.05) is 0 Å². The first-order valence-corrected chi connectivity index (χ1v) is 7.80. The van der Waals surface area contributed by atoms with Gasteiger partial charge in [0.05, 0.1) is 5.92 Å². The Morgan fingerprint density at radius 3 is 2.21 bits per heavy atom. The number of aromatic nitrogens is 1. The second kappa shape index (κ2) is 6.03. The van der Waals surface area contributed by atoms with E-state index in [-0.39, 0.29) is 34.9 Å². The van der Waals surface area contributed by atoms with Gasteiger partial charge in [0.2, 0.25) is 0 Å². The molecular formula is C16H18N2O6.